The summed E-state index contributed by atoms with van der Waals surface area (Å²) in [6, 6.07) is 13.8. The number of ether oxygens (including phenoxy) is 1. The molecule has 0 atom stereocenters. The number of carbonyl (C=O) groups is 1. The van der Waals surface area contributed by atoms with Gasteiger partial charge in [-0.05, 0) is 49.1 Å². The zero-order chi connectivity index (χ0) is 20.8. The molecule has 0 bridgehead atoms. The summed E-state index contributed by atoms with van der Waals surface area (Å²) in [5.41, 5.74) is 4.29. The molecule has 0 spiro atoms. The van der Waals surface area contributed by atoms with Gasteiger partial charge in [0.25, 0.3) is 0 Å². The van der Waals surface area contributed by atoms with Gasteiger partial charge in [-0.1, -0.05) is 49.0 Å². The first-order chi connectivity index (χ1) is 14.0. The van der Waals surface area contributed by atoms with Crippen molar-refractivity contribution in [1.29, 1.82) is 0 Å². The number of amides is 1. The molecule has 3 aromatic rings. The topological polar surface area (TPSA) is 69.0 Å². The van der Waals surface area contributed by atoms with Crippen LogP contribution in [-0.2, 0) is 24.9 Å². The van der Waals surface area contributed by atoms with Crippen molar-refractivity contribution in [2.75, 3.05) is 11.1 Å². The molecule has 0 aliphatic rings. The van der Waals surface area contributed by atoms with Crippen molar-refractivity contribution in [3.63, 3.8) is 0 Å². The van der Waals surface area contributed by atoms with Gasteiger partial charge in [0.2, 0.25) is 5.91 Å². The second kappa shape index (κ2) is 9.60. The molecule has 2 aromatic carbocycles. The van der Waals surface area contributed by atoms with E-state index in [4.69, 9.17) is 4.74 Å². The highest BCUT2D eigenvalue weighted by atomic mass is 32.2. The van der Waals surface area contributed by atoms with Crippen molar-refractivity contribution in [3.8, 4) is 5.75 Å². The molecule has 0 saturated heterocycles. The second-order valence-corrected chi connectivity index (χ2v) is 7.73. The van der Waals surface area contributed by atoms with Gasteiger partial charge in [0.15, 0.2) is 11.0 Å². The highest BCUT2D eigenvalue weighted by Crippen LogP contribution is 2.23. The maximum absolute atomic E-state index is 12.3. The Balaban J connectivity index is 1.56. The van der Waals surface area contributed by atoms with E-state index in [-0.39, 0.29) is 11.7 Å². The van der Waals surface area contributed by atoms with Gasteiger partial charge in [0.1, 0.15) is 12.4 Å². The van der Waals surface area contributed by atoms with E-state index >= 15 is 0 Å². The number of benzene rings is 2. The number of carbonyl (C=O) groups excluding carboxylic acids is 1. The molecule has 1 heterocycles. The first-order valence-corrected chi connectivity index (χ1v) is 10.6. The quantitative estimate of drug-likeness (QED) is 0.561. The van der Waals surface area contributed by atoms with Crippen LogP contribution >= 0.6 is 11.8 Å². The van der Waals surface area contributed by atoms with Gasteiger partial charge >= 0.3 is 0 Å². The Morgan fingerprint density at radius 1 is 1.14 bits per heavy atom. The molecule has 7 heteroatoms. The third-order valence-corrected chi connectivity index (χ3v) is 5.86. The van der Waals surface area contributed by atoms with Gasteiger partial charge in [-0.2, -0.15) is 0 Å². The summed E-state index contributed by atoms with van der Waals surface area (Å²) in [7, 11) is 1.88. The highest BCUT2D eigenvalue weighted by Gasteiger charge is 2.13. The van der Waals surface area contributed by atoms with Crippen LogP contribution in [0.3, 0.4) is 0 Å². The van der Waals surface area contributed by atoms with Crippen LogP contribution in [0.15, 0.2) is 47.6 Å². The van der Waals surface area contributed by atoms with Crippen molar-refractivity contribution in [2.24, 2.45) is 7.05 Å². The summed E-state index contributed by atoms with van der Waals surface area (Å²) in [4.78, 5) is 12.3. The molecule has 1 aromatic heterocycles. The van der Waals surface area contributed by atoms with E-state index in [1.54, 1.807) is 0 Å². The number of para-hydroxylation sites is 1. The molecule has 0 saturated carbocycles. The molecule has 0 aliphatic carbocycles. The number of hydrogen-bond donors (Lipinski definition) is 1. The zero-order valence-electron chi connectivity index (χ0n) is 17.2. The van der Waals surface area contributed by atoms with Crippen LogP contribution in [0.2, 0.25) is 0 Å². The van der Waals surface area contributed by atoms with Crippen molar-refractivity contribution in [1.82, 2.24) is 14.8 Å². The van der Waals surface area contributed by atoms with E-state index in [0.717, 1.165) is 29.0 Å². The maximum Gasteiger partial charge on any atom is 0.234 e. The first kappa shape index (κ1) is 20.9. The van der Waals surface area contributed by atoms with Crippen LogP contribution in [0.4, 0.5) is 5.69 Å². The number of aromatic nitrogens is 3. The smallest absolute Gasteiger partial charge is 0.234 e. The van der Waals surface area contributed by atoms with Gasteiger partial charge in [0.05, 0.1) is 5.75 Å². The average Bonchev–Trinajstić information content (AvgIpc) is 3.07. The Labute approximate surface area is 175 Å². The average molecular weight is 411 g/mol. The second-order valence-electron chi connectivity index (χ2n) is 6.79. The van der Waals surface area contributed by atoms with E-state index in [1.807, 2.05) is 54.9 Å². The molecule has 29 heavy (non-hydrogen) atoms. The molecular weight excluding hydrogens is 384 g/mol. The van der Waals surface area contributed by atoms with Crippen LogP contribution in [-0.4, -0.2) is 26.4 Å². The van der Waals surface area contributed by atoms with Crippen LogP contribution in [0, 0.1) is 13.8 Å². The summed E-state index contributed by atoms with van der Waals surface area (Å²) in [5, 5.41) is 12.1. The Hall–Kier alpha value is -2.80. The van der Waals surface area contributed by atoms with E-state index < -0.39 is 0 Å². The number of rotatable bonds is 8. The predicted octanol–water partition coefficient (Wildman–Crippen LogP) is 4.30. The normalized spacial score (nSPS) is 10.8. The lowest BCUT2D eigenvalue weighted by molar-refractivity contribution is -0.113. The van der Waals surface area contributed by atoms with Crippen molar-refractivity contribution in [2.45, 2.75) is 39.0 Å². The van der Waals surface area contributed by atoms with Gasteiger partial charge in [0, 0.05) is 12.7 Å². The maximum atomic E-state index is 12.3. The highest BCUT2D eigenvalue weighted by molar-refractivity contribution is 7.99. The minimum Gasteiger partial charge on any atom is -0.485 e. The summed E-state index contributed by atoms with van der Waals surface area (Å²) in [6.45, 7) is 6.49. The minimum absolute atomic E-state index is 0.0629. The van der Waals surface area contributed by atoms with E-state index in [2.05, 4.69) is 35.4 Å². The van der Waals surface area contributed by atoms with E-state index in [1.165, 1.54) is 17.3 Å². The number of nitrogens with zero attached hydrogens (tertiary/aromatic N) is 3. The number of anilines is 1. The van der Waals surface area contributed by atoms with Crippen molar-refractivity contribution >= 4 is 23.4 Å². The Morgan fingerprint density at radius 3 is 2.72 bits per heavy atom. The molecule has 0 fully saturated rings. The predicted molar refractivity (Wildman–Crippen MR) is 116 cm³/mol. The van der Waals surface area contributed by atoms with Crippen LogP contribution in [0.25, 0.3) is 0 Å². The van der Waals surface area contributed by atoms with Gasteiger partial charge in [-0.25, -0.2) is 0 Å². The van der Waals surface area contributed by atoms with Crippen molar-refractivity contribution in [3.05, 3.63) is 65.0 Å². The summed E-state index contributed by atoms with van der Waals surface area (Å²) in [6.07, 6.45) is 0.872. The molecule has 3 rings (SSSR count). The van der Waals surface area contributed by atoms with Crippen molar-refractivity contribution < 1.29 is 9.53 Å². The first-order valence-electron chi connectivity index (χ1n) is 9.57. The number of nitrogens with one attached hydrogen (secondary N) is 1. The van der Waals surface area contributed by atoms with Crippen LogP contribution < -0.4 is 10.1 Å². The third-order valence-electron chi connectivity index (χ3n) is 4.84. The molecule has 6 nitrogen and oxygen atoms in total. The largest absolute Gasteiger partial charge is 0.485 e. The molecule has 0 unspecified atom stereocenters. The Bertz CT molecular complexity index is 1000. The number of aryl methyl sites for hydroxylation is 2. The number of hydrogen-bond acceptors (Lipinski definition) is 5. The number of thioether (sulfide) groups is 1. The lowest BCUT2D eigenvalue weighted by Gasteiger charge is -2.11. The molecule has 152 valence electrons. The Kier molecular flexibility index (Phi) is 6.93. The summed E-state index contributed by atoms with van der Waals surface area (Å²) >= 11 is 1.36. The van der Waals surface area contributed by atoms with E-state index in [0.29, 0.717) is 17.6 Å². The van der Waals surface area contributed by atoms with E-state index in [9.17, 15) is 4.79 Å². The summed E-state index contributed by atoms with van der Waals surface area (Å²) in [5.74, 6) is 1.76. The fraction of sp³-hybridized carbons (Fsp3) is 0.318. The van der Waals surface area contributed by atoms with Crippen LogP contribution in [0.1, 0.15) is 29.4 Å². The third kappa shape index (κ3) is 5.17. The molecule has 1 amide bonds. The Morgan fingerprint density at radius 2 is 1.93 bits per heavy atom. The molecule has 0 aliphatic heterocycles. The lowest BCUT2D eigenvalue weighted by Crippen LogP contribution is -2.15. The zero-order valence-corrected chi connectivity index (χ0v) is 18.0. The standard InChI is InChI=1S/C22H26N4O2S/c1-5-17-10-6-7-11-18(17)23-21(27)14-29-22-25-24-20(26(22)4)13-28-19-12-8-9-15(2)16(19)3/h6-12H,5,13-14H2,1-4H3,(H,23,27). The van der Waals surface area contributed by atoms with Crippen LogP contribution in [0.5, 0.6) is 5.75 Å². The summed E-state index contributed by atoms with van der Waals surface area (Å²) < 4.78 is 7.78. The molecular formula is C22H26N4O2S. The minimum atomic E-state index is -0.0629. The van der Waals surface area contributed by atoms with Gasteiger partial charge < -0.3 is 14.6 Å². The fourth-order valence-electron chi connectivity index (χ4n) is 2.89. The lowest BCUT2D eigenvalue weighted by atomic mass is 10.1. The molecule has 0 radical (unpaired) electrons. The molecule has 1 N–H and O–H groups in total. The fourth-order valence-corrected chi connectivity index (χ4v) is 3.62. The monoisotopic (exact) mass is 410 g/mol. The van der Waals surface area contributed by atoms with Gasteiger partial charge in [-0.15, -0.1) is 10.2 Å². The van der Waals surface area contributed by atoms with Gasteiger partial charge in [-0.3, -0.25) is 4.79 Å². The SMILES string of the molecule is CCc1ccccc1NC(=O)CSc1nnc(COc2cccc(C)c2C)n1C.